The van der Waals surface area contributed by atoms with Crippen molar-refractivity contribution in [3.05, 3.63) is 14.6 Å². The summed E-state index contributed by atoms with van der Waals surface area (Å²) in [5.74, 6) is 0. The summed E-state index contributed by atoms with van der Waals surface area (Å²) in [7, 11) is 0. The van der Waals surface area contributed by atoms with E-state index in [0.29, 0.717) is 21.2 Å². The van der Waals surface area contributed by atoms with Crippen molar-refractivity contribution in [2.24, 2.45) is 0 Å². The Morgan fingerprint density at radius 3 is 3.25 bits per heavy atom. The van der Waals surface area contributed by atoms with Crippen LogP contribution >= 0.6 is 11.3 Å². The van der Waals surface area contributed by atoms with Crippen LogP contribution in [-0.2, 0) is 0 Å². The summed E-state index contributed by atoms with van der Waals surface area (Å²) in [6.45, 7) is 2.23. The molecule has 0 radical (unpaired) electrons. The molecule has 0 saturated carbocycles. The van der Waals surface area contributed by atoms with Crippen molar-refractivity contribution in [3.63, 3.8) is 0 Å². The van der Waals surface area contributed by atoms with Crippen LogP contribution in [0.3, 0.4) is 0 Å². The SMILES string of the molecule is CC[I-]c1cncs1. The van der Waals surface area contributed by atoms with Gasteiger partial charge in [-0.05, 0) is 0 Å². The van der Waals surface area contributed by atoms with Crippen LogP contribution in [0.1, 0.15) is 6.92 Å². The van der Waals surface area contributed by atoms with Gasteiger partial charge in [0.2, 0.25) is 0 Å². The Morgan fingerprint density at radius 2 is 2.75 bits per heavy atom. The summed E-state index contributed by atoms with van der Waals surface area (Å²) in [5.41, 5.74) is 1.91. The summed E-state index contributed by atoms with van der Waals surface area (Å²) >= 11 is 2.11. The van der Waals surface area contributed by atoms with Crippen molar-refractivity contribution in [2.75, 3.05) is 4.43 Å². The number of rotatable bonds is 2. The van der Waals surface area contributed by atoms with Crippen LogP contribution in [0.5, 0.6) is 0 Å². The quantitative estimate of drug-likeness (QED) is 0.449. The number of hydrogen-bond acceptors (Lipinski definition) is 2. The van der Waals surface area contributed by atoms with E-state index in [-0.39, 0.29) is 0 Å². The number of nitrogens with zero attached hydrogens (tertiary/aromatic N) is 1. The van der Waals surface area contributed by atoms with E-state index in [2.05, 4.69) is 11.9 Å². The summed E-state index contributed by atoms with van der Waals surface area (Å²) in [4.78, 5) is 3.99. The maximum atomic E-state index is 3.99. The molecule has 3 heteroatoms. The van der Waals surface area contributed by atoms with Gasteiger partial charge in [0.1, 0.15) is 0 Å². The van der Waals surface area contributed by atoms with E-state index in [4.69, 9.17) is 0 Å². The second-order valence-electron chi connectivity index (χ2n) is 1.21. The van der Waals surface area contributed by atoms with Crippen LogP contribution in [0.15, 0.2) is 11.7 Å². The van der Waals surface area contributed by atoms with E-state index in [0.717, 1.165) is 0 Å². The molecule has 0 aromatic carbocycles. The molecule has 1 rings (SSSR count). The average Bonchev–Trinajstić information content (AvgIpc) is 2.19. The number of aromatic nitrogens is 1. The van der Waals surface area contributed by atoms with Crippen molar-refractivity contribution in [1.82, 2.24) is 4.98 Å². The third-order valence-electron chi connectivity index (χ3n) is 0.668. The molecule has 0 saturated heterocycles. The molecule has 8 heavy (non-hydrogen) atoms. The van der Waals surface area contributed by atoms with E-state index in [1.165, 1.54) is 7.31 Å². The van der Waals surface area contributed by atoms with Crippen molar-refractivity contribution in [2.45, 2.75) is 6.92 Å². The Bertz CT molecular complexity index is 138. The zero-order valence-electron chi connectivity index (χ0n) is 4.60. The molecule has 1 aromatic heterocycles. The first-order chi connectivity index (χ1) is 3.93. The minimum atomic E-state index is 0.324. The Labute approximate surface area is 63.4 Å². The van der Waals surface area contributed by atoms with Crippen molar-refractivity contribution >= 4 is 11.3 Å². The molecule has 0 fully saturated rings. The summed E-state index contributed by atoms with van der Waals surface area (Å²) in [6, 6.07) is 0. The Morgan fingerprint density at radius 1 is 1.88 bits per heavy atom. The molecular weight excluding hydrogens is 233 g/mol. The summed E-state index contributed by atoms with van der Waals surface area (Å²) in [6.07, 6.45) is 1.99. The zero-order chi connectivity index (χ0) is 5.82. The van der Waals surface area contributed by atoms with E-state index < -0.39 is 0 Å². The second kappa shape index (κ2) is 3.40. The molecular formula is C5H7INS-. The van der Waals surface area contributed by atoms with Gasteiger partial charge in [0, 0.05) is 0 Å². The van der Waals surface area contributed by atoms with Gasteiger partial charge in [0.15, 0.2) is 0 Å². The molecule has 0 aliphatic carbocycles. The van der Waals surface area contributed by atoms with Gasteiger partial charge in [-0.25, -0.2) is 0 Å². The Kier molecular flexibility index (Phi) is 2.75. The Hall–Kier alpha value is 0.360. The monoisotopic (exact) mass is 240 g/mol. The molecule has 0 bridgehead atoms. The predicted octanol–water partition coefficient (Wildman–Crippen LogP) is -1.58. The van der Waals surface area contributed by atoms with Crippen molar-refractivity contribution < 1.29 is 21.2 Å². The number of alkyl halides is 1. The molecule has 0 aliphatic heterocycles. The number of hydrogen-bond donors (Lipinski definition) is 0. The molecule has 46 valence electrons. The van der Waals surface area contributed by atoms with Gasteiger partial charge in [0.25, 0.3) is 0 Å². The van der Waals surface area contributed by atoms with Gasteiger partial charge < -0.3 is 0 Å². The average molecular weight is 240 g/mol. The molecule has 0 aliphatic rings. The van der Waals surface area contributed by atoms with Gasteiger partial charge >= 0.3 is 63.5 Å². The zero-order valence-corrected chi connectivity index (χ0v) is 7.57. The molecule has 0 amide bonds. The van der Waals surface area contributed by atoms with E-state index >= 15 is 0 Å². The Balaban J connectivity index is 2.50. The van der Waals surface area contributed by atoms with Gasteiger partial charge in [-0.1, -0.05) is 0 Å². The molecule has 0 unspecified atom stereocenters. The first-order valence-electron chi connectivity index (χ1n) is 2.41. The molecule has 0 N–H and O–H groups in total. The third kappa shape index (κ3) is 1.70. The van der Waals surface area contributed by atoms with Gasteiger partial charge in [-0.3, -0.25) is 0 Å². The first-order valence-corrected chi connectivity index (χ1v) is 5.89. The van der Waals surface area contributed by atoms with E-state index in [9.17, 15) is 0 Å². The van der Waals surface area contributed by atoms with Crippen LogP contribution in [0.25, 0.3) is 0 Å². The van der Waals surface area contributed by atoms with Crippen molar-refractivity contribution in [3.8, 4) is 0 Å². The third-order valence-corrected chi connectivity index (χ3v) is 4.51. The fraction of sp³-hybridized carbons (Fsp3) is 0.400. The van der Waals surface area contributed by atoms with E-state index in [1.54, 1.807) is 11.3 Å². The minimum absolute atomic E-state index is 0.324. The first kappa shape index (κ1) is 6.48. The van der Waals surface area contributed by atoms with Crippen molar-refractivity contribution in [1.29, 1.82) is 0 Å². The molecule has 1 nitrogen and oxygen atoms in total. The fourth-order valence-electron chi connectivity index (χ4n) is 0.398. The molecule has 1 aromatic rings. The number of thiazole rings is 1. The second-order valence-corrected chi connectivity index (χ2v) is 6.28. The topological polar surface area (TPSA) is 12.9 Å². The predicted molar refractivity (Wildman–Crippen MR) is 31.4 cm³/mol. The van der Waals surface area contributed by atoms with E-state index in [1.807, 2.05) is 11.7 Å². The molecule has 0 spiro atoms. The normalized spacial score (nSPS) is 10.1. The summed E-state index contributed by atoms with van der Waals surface area (Å²) < 4.78 is 2.84. The maximum absolute atomic E-state index is 3.99. The summed E-state index contributed by atoms with van der Waals surface area (Å²) in [5, 5.41) is 0. The van der Waals surface area contributed by atoms with Crippen LogP contribution in [0.4, 0.5) is 0 Å². The van der Waals surface area contributed by atoms with Gasteiger partial charge in [0.05, 0.1) is 0 Å². The number of halogens is 1. The molecule has 0 atom stereocenters. The molecule has 1 heterocycles. The van der Waals surface area contributed by atoms with Crippen LogP contribution in [0.2, 0.25) is 0 Å². The van der Waals surface area contributed by atoms with Crippen LogP contribution < -0.4 is 21.2 Å². The fourth-order valence-corrected chi connectivity index (χ4v) is 3.53. The standard InChI is InChI=1S/C5H7INS/c1-2-6-5-3-7-4-8-5/h3-4H,2H2,1H3/q-1. The van der Waals surface area contributed by atoms with Gasteiger partial charge in [-0.15, -0.1) is 0 Å². The van der Waals surface area contributed by atoms with Crippen LogP contribution in [0, 0.1) is 2.88 Å². The van der Waals surface area contributed by atoms with Crippen LogP contribution in [-0.4, -0.2) is 9.41 Å². The van der Waals surface area contributed by atoms with Gasteiger partial charge in [-0.2, -0.15) is 0 Å².